The van der Waals surface area contributed by atoms with Crippen LogP contribution in [0.25, 0.3) is 22.3 Å². The van der Waals surface area contributed by atoms with Crippen molar-refractivity contribution in [1.82, 2.24) is 9.97 Å². The zero-order valence-corrected chi connectivity index (χ0v) is 17.9. The maximum Gasteiger partial charge on any atom is 0.230 e. The smallest absolute Gasteiger partial charge is 0.230 e. The molecule has 5 heteroatoms. The number of rotatable bonds is 4. The second kappa shape index (κ2) is 7.41. The van der Waals surface area contributed by atoms with Crippen LogP contribution in [0.1, 0.15) is 38.4 Å². The first-order chi connectivity index (χ1) is 13.5. The number of aryl methyl sites for hydroxylation is 2. The fourth-order valence-corrected chi connectivity index (χ4v) is 4.66. The van der Waals surface area contributed by atoms with Crippen LogP contribution in [0.3, 0.4) is 0 Å². The van der Waals surface area contributed by atoms with Gasteiger partial charge in [-0.25, -0.2) is 0 Å². The topological polar surface area (TPSA) is 42.9 Å². The molecule has 0 aromatic carbocycles. The molecule has 0 atom stereocenters. The Morgan fingerprint density at radius 3 is 1.54 bits per heavy atom. The Balaban J connectivity index is 1.96. The van der Waals surface area contributed by atoms with Gasteiger partial charge in [0.2, 0.25) is 5.78 Å². The lowest BCUT2D eigenvalue weighted by atomic mass is 9.91. The molecule has 0 radical (unpaired) electrons. The van der Waals surface area contributed by atoms with E-state index < -0.39 is 0 Å². The van der Waals surface area contributed by atoms with Gasteiger partial charge in [-0.05, 0) is 94.7 Å². The van der Waals surface area contributed by atoms with Crippen LogP contribution in [0.2, 0.25) is 0 Å². The van der Waals surface area contributed by atoms with Gasteiger partial charge >= 0.3 is 0 Å². The highest BCUT2D eigenvalue weighted by atomic mass is 32.1. The monoisotopic (exact) mass is 404 g/mol. The second-order valence-electron chi connectivity index (χ2n) is 6.93. The molecule has 0 N–H and O–H groups in total. The van der Waals surface area contributed by atoms with Gasteiger partial charge in [-0.1, -0.05) is 0 Å². The van der Waals surface area contributed by atoms with Crippen LogP contribution in [0, 0.1) is 27.7 Å². The summed E-state index contributed by atoms with van der Waals surface area (Å²) in [7, 11) is 0. The first kappa shape index (κ1) is 18.7. The normalized spacial score (nSPS) is 11.0. The van der Waals surface area contributed by atoms with Crippen LogP contribution >= 0.6 is 22.7 Å². The van der Waals surface area contributed by atoms with Crippen molar-refractivity contribution in [3.05, 3.63) is 79.7 Å². The third-order valence-electron chi connectivity index (χ3n) is 5.23. The minimum Gasteiger partial charge on any atom is -0.285 e. The molecule has 0 aliphatic heterocycles. The molecule has 0 aliphatic carbocycles. The van der Waals surface area contributed by atoms with Gasteiger partial charge in [0.05, 0.1) is 0 Å². The van der Waals surface area contributed by atoms with E-state index in [0.29, 0.717) is 11.4 Å². The summed E-state index contributed by atoms with van der Waals surface area (Å²) >= 11 is 3.23. The van der Waals surface area contributed by atoms with Gasteiger partial charge in [0.1, 0.15) is 11.4 Å². The van der Waals surface area contributed by atoms with Crippen molar-refractivity contribution >= 4 is 28.5 Å². The molecular weight excluding hydrogens is 384 g/mol. The molecular formula is C23H20N2OS2. The number of aromatic nitrogens is 2. The predicted molar refractivity (Wildman–Crippen MR) is 117 cm³/mol. The fourth-order valence-electron chi connectivity index (χ4n) is 3.37. The Labute approximate surface area is 172 Å². The Hall–Kier alpha value is -2.63. The standard InChI is InChI=1S/C23H20N2OS2/c1-13-9-24-21(19(15(13)3)17-5-7-27-11-17)23(26)22-20(18-6-8-28-12-18)16(4)14(2)10-25-22/h5-12H,1-4H3. The molecule has 4 rings (SSSR count). The molecule has 4 heterocycles. The molecule has 0 unspecified atom stereocenters. The van der Waals surface area contributed by atoms with E-state index in [4.69, 9.17) is 0 Å². The molecule has 3 nitrogen and oxygen atoms in total. The fraction of sp³-hybridized carbons (Fsp3) is 0.174. The van der Waals surface area contributed by atoms with Crippen LogP contribution in [0.4, 0.5) is 0 Å². The first-order valence-corrected chi connectivity index (χ1v) is 10.9. The highest BCUT2D eigenvalue weighted by Crippen LogP contribution is 2.35. The highest BCUT2D eigenvalue weighted by molar-refractivity contribution is 7.08. The number of carbonyl (C=O) groups excluding carboxylic acids is 1. The van der Waals surface area contributed by atoms with Crippen molar-refractivity contribution in [3.63, 3.8) is 0 Å². The highest BCUT2D eigenvalue weighted by Gasteiger charge is 2.25. The lowest BCUT2D eigenvalue weighted by molar-refractivity contribution is 0.103. The molecule has 0 aliphatic rings. The quantitative estimate of drug-likeness (QED) is 0.370. The van der Waals surface area contributed by atoms with Crippen LogP contribution < -0.4 is 0 Å². The summed E-state index contributed by atoms with van der Waals surface area (Å²) in [6.45, 7) is 8.15. The van der Waals surface area contributed by atoms with E-state index in [1.54, 1.807) is 35.1 Å². The Morgan fingerprint density at radius 1 is 0.750 bits per heavy atom. The summed E-state index contributed by atoms with van der Waals surface area (Å²) in [5, 5.41) is 8.18. The van der Waals surface area contributed by atoms with Gasteiger partial charge in [-0.15, -0.1) is 0 Å². The molecule has 4 aromatic heterocycles. The third kappa shape index (κ3) is 3.11. The molecule has 0 bridgehead atoms. The van der Waals surface area contributed by atoms with E-state index in [0.717, 1.165) is 44.5 Å². The summed E-state index contributed by atoms with van der Waals surface area (Å²) in [6.07, 6.45) is 3.56. The lowest BCUT2D eigenvalue weighted by Gasteiger charge is -2.15. The summed E-state index contributed by atoms with van der Waals surface area (Å²) in [6, 6.07) is 4.08. The van der Waals surface area contributed by atoms with E-state index in [-0.39, 0.29) is 5.78 Å². The van der Waals surface area contributed by atoms with Crippen molar-refractivity contribution in [3.8, 4) is 22.3 Å². The Morgan fingerprint density at radius 2 is 1.18 bits per heavy atom. The molecule has 0 amide bonds. The van der Waals surface area contributed by atoms with Gasteiger partial charge in [-0.2, -0.15) is 22.7 Å². The number of carbonyl (C=O) groups is 1. The summed E-state index contributed by atoms with van der Waals surface area (Å²) in [4.78, 5) is 22.8. The summed E-state index contributed by atoms with van der Waals surface area (Å²) in [5.41, 5.74) is 9.11. The third-order valence-corrected chi connectivity index (χ3v) is 6.60. The lowest BCUT2D eigenvalue weighted by Crippen LogP contribution is -2.12. The van der Waals surface area contributed by atoms with Gasteiger partial charge in [0.25, 0.3) is 0 Å². The van der Waals surface area contributed by atoms with E-state index in [1.165, 1.54) is 0 Å². The van der Waals surface area contributed by atoms with Gasteiger partial charge in [-0.3, -0.25) is 14.8 Å². The SMILES string of the molecule is Cc1cnc(C(=O)c2ncc(C)c(C)c2-c2ccsc2)c(-c2ccsc2)c1C. The average Bonchev–Trinajstić information content (AvgIpc) is 3.39. The van der Waals surface area contributed by atoms with Gasteiger partial charge in [0, 0.05) is 23.5 Å². The van der Waals surface area contributed by atoms with Crippen molar-refractivity contribution in [2.45, 2.75) is 27.7 Å². The number of ketones is 1. The number of pyridine rings is 2. The molecule has 4 aromatic rings. The number of nitrogens with zero attached hydrogens (tertiary/aromatic N) is 2. The predicted octanol–water partition coefficient (Wildman–Crippen LogP) is 6.40. The summed E-state index contributed by atoms with van der Waals surface area (Å²) < 4.78 is 0. The van der Waals surface area contributed by atoms with Crippen LogP contribution in [-0.4, -0.2) is 15.8 Å². The molecule has 28 heavy (non-hydrogen) atoms. The zero-order chi connectivity index (χ0) is 19.8. The van der Waals surface area contributed by atoms with Crippen LogP contribution in [-0.2, 0) is 0 Å². The van der Waals surface area contributed by atoms with Crippen molar-refractivity contribution < 1.29 is 4.79 Å². The van der Waals surface area contributed by atoms with Crippen LogP contribution in [0.15, 0.2) is 46.0 Å². The van der Waals surface area contributed by atoms with E-state index >= 15 is 0 Å². The van der Waals surface area contributed by atoms with Crippen molar-refractivity contribution in [1.29, 1.82) is 0 Å². The molecule has 0 saturated heterocycles. The number of hydrogen-bond acceptors (Lipinski definition) is 5. The maximum absolute atomic E-state index is 13.7. The minimum atomic E-state index is -0.131. The summed E-state index contributed by atoms with van der Waals surface area (Å²) in [5.74, 6) is -0.131. The van der Waals surface area contributed by atoms with Gasteiger partial charge < -0.3 is 0 Å². The Bertz CT molecular complexity index is 1070. The van der Waals surface area contributed by atoms with Crippen LogP contribution in [0.5, 0.6) is 0 Å². The zero-order valence-electron chi connectivity index (χ0n) is 16.2. The Kier molecular flexibility index (Phi) is 4.96. The maximum atomic E-state index is 13.7. The molecule has 0 fully saturated rings. The van der Waals surface area contributed by atoms with Crippen molar-refractivity contribution in [2.24, 2.45) is 0 Å². The van der Waals surface area contributed by atoms with E-state index in [9.17, 15) is 4.79 Å². The number of thiophene rings is 2. The number of hydrogen-bond donors (Lipinski definition) is 0. The molecule has 140 valence electrons. The van der Waals surface area contributed by atoms with E-state index in [1.807, 2.05) is 36.7 Å². The average molecular weight is 405 g/mol. The first-order valence-electron chi connectivity index (χ1n) is 9.01. The molecule has 0 saturated carbocycles. The second-order valence-corrected chi connectivity index (χ2v) is 8.49. The van der Waals surface area contributed by atoms with Crippen molar-refractivity contribution in [2.75, 3.05) is 0 Å². The molecule has 0 spiro atoms. The minimum absolute atomic E-state index is 0.131. The van der Waals surface area contributed by atoms with Gasteiger partial charge in [0.15, 0.2) is 0 Å². The van der Waals surface area contributed by atoms with E-state index in [2.05, 4.69) is 34.6 Å². The largest absolute Gasteiger partial charge is 0.285 e.